The van der Waals surface area contributed by atoms with Crippen molar-refractivity contribution >= 4 is 17.1 Å². The Hall–Kier alpha value is -1.70. The number of rotatable bonds is 2. The number of benzene rings is 2. The Morgan fingerprint density at radius 2 is 2.07 bits per heavy atom. The lowest BCUT2D eigenvalue weighted by Crippen LogP contribution is -1.94. The van der Waals surface area contributed by atoms with Crippen LogP contribution in [0.5, 0.6) is 0 Å². The highest BCUT2D eigenvalue weighted by molar-refractivity contribution is 5.84. The minimum Gasteiger partial charge on any atom is -0.303 e. The molecule has 2 aromatic rings. The maximum absolute atomic E-state index is 13.4. The smallest absolute Gasteiger partial charge is 0.131 e. The van der Waals surface area contributed by atoms with Gasteiger partial charge in [-0.25, -0.2) is 4.39 Å². The van der Waals surface area contributed by atoms with Gasteiger partial charge in [-0.15, -0.1) is 0 Å². The van der Waals surface area contributed by atoms with Gasteiger partial charge in [0.25, 0.3) is 0 Å². The maximum atomic E-state index is 13.4. The number of carbonyl (C=O) groups is 1. The van der Waals surface area contributed by atoms with Crippen LogP contribution >= 0.6 is 0 Å². The van der Waals surface area contributed by atoms with Crippen LogP contribution in [0, 0.1) is 5.82 Å². The summed E-state index contributed by atoms with van der Waals surface area (Å²) in [5.41, 5.74) is 0.850. The molecule has 0 saturated carbocycles. The third-order valence-corrected chi connectivity index (χ3v) is 2.58. The standard InChI is InChI=1S/C13H11FO/c1-9(8-15)11-6-5-10-3-2-4-13(14)12(10)7-11/h2-9H,1H3. The van der Waals surface area contributed by atoms with Crippen LogP contribution in [0.1, 0.15) is 18.4 Å². The van der Waals surface area contributed by atoms with Gasteiger partial charge < -0.3 is 4.79 Å². The van der Waals surface area contributed by atoms with E-state index in [2.05, 4.69) is 0 Å². The highest BCUT2D eigenvalue weighted by atomic mass is 19.1. The minimum absolute atomic E-state index is 0.186. The van der Waals surface area contributed by atoms with Crippen molar-refractivity contribution in [2.75, 3.05) is 0 Å². The van der Waals surface area contributed by atoms with Gasteiger partial charge in [-0.05, 0) is 23.1 Å². The van der Waals surface area contributed by atoms with Gasteiger partial charge in [0.15, 0.2) is 0 Å². The Balaban J connectivity index is 2.64. The number of fused-ring (bicyclic) bond motifs is 1. The molecule has 0 aliphatic carbocycles. The molecule has 1 unspecified atom stereocenters. The summed E-state index contributed by atoms with van der Waals surface area (Å²) >= 11 is 0. The Morgan fingerprint density at radius 1 is 1.27 bits per heavy atom. The van der Waals surface area contributed by atoms with E-state index in [1.807, 2.05) is 18.2 Å². The van der Waals surface area contributed by atoms with Crippen molar-refractivity contribution in [2.24, 2.45) is 0 Å². The Bertz CT molecular complexity index is 505. The van der Waals surface area contributed by atoms with Crippen molar-refractivity contribution < 1.29 is 9.18 Å². The van der Waals surface area contributed by atoms with Gasteiger partial charge in [-0.3, -0.25) is 0 Å². The van der Waals surface area contributed by atoms with Gasteiger partial charge in [-0.1, -0.05) is 31.2 Å². The van der Waals surface area contributed by atoms with Crippen molar-refractivity contribution in [1.82, 2.24) is 0 Å². The van der Waals surface area contributed by atoms with Gasteiger partial charge in [0, 0.05) is 11.3 Å². The summed E-state index contributed by atoms with van der Waals surface area (Å²) < 4.78 is 13.4. The first-order valence-electron chi connectivity index (χ1n) is 4.86. The van der Waals surface area contributed by atoms with Gasteiger partial charge in [0.1, 0.15) is 12.1 Å². The number of hydrogen-bond acceptors (Lipinski definition) is 1. The summed E-state index contributed by atoms with van der Waals surface area (Å²) in [5, 5.41) is 1.43. The van der Waals surface area contributed by atoms with Crippen molar-refractivity contribution in [3.05, 3.63) is 47.8 Å². The monoisotopic (exact) mass is 202 g/mol. The van der Waals surface area contributed by atoms with E-state index < -0.39 is 0 Å². The molecule has 0 aromatic heterocycles. The fourth-order valence-corrected chi connectivity index (χ4v) is 1.61. The topological polar surface area (TPSA) is 17.1 Å². The molecule has 2 rings (SSSR count). The predicted octanol–water partition coefficient (Wildman–Crippen LogP) is 3.28. The van der Waals surface area contributed by atoms with E-state index in [4.69, 9.17) is 0 Å². The molecule has 2 aromatic carbocycles. The summed E-state index contributed by atoms with van der Waals surface area (Å²) in [6.07, 6.45) is 0.863. The van der Waals surface area contributed by atoms with Crippen LogP contribution in [-0.2, 0) is 4.79 Å². The SMILES string of the molecule is CC(C=O)c1ccc2cccc(F)c2c1. The maximum Gasteiger partial charge on any atom is 0.131 e. The first kappa shape index (κ1) is 9.84. The molecule has 15 heavy (non-hydrogen) atoms. The molecule has 0 aliphatic rings. The average molecular weight is 202 g/mol. The third kappa shape index (κ3) is 1.75. The molecule has 0 heterocycles. The largest absolute Gasteiger partial charge is 0.303 e. The minimum atomic E-state index is -0.243. The number of carbonyl (C=O) groups excluding carboxylic acids is 1. The van der Waals surface area contributed by atoms with E-state index in [1.165, 1.54) is 6.07 Å². The fourth-order valence-electron chi connectivity index (χ4n) is 1.61. The average Bonchev–Trinajstić information content (AvgIpc) is 2.28. The van der Waals surface area contributed by atoms with Crippen molar-refractivity contribution in [3.63, 3.8) is 0 Å². The number of aldehydes is 1. The first-order chi connectivity index (χ1) is 7.22. The lowest BCUT2D eigenvalue weighted by Gasteiger charge is -2.06. The molecule has 1 atom stereocenters. The van der Waals surface area contributed by atoms with Crippen LogP contribution in [0.15, 0.2) is 36.4 Å². The summed E-state index contributed by atoms with van der Waals surface area (Å²) in [4.78, 5) is 10.6. The van der Waals surface area contributed by atoms with E-state index in [0.717, 1.165) is 17.2 Å². The quantitative estimate of drug-likeness (QED) is 0.683. The second-order valence-corrected chi connectivity index (χ2v) is 3.65. The normalized spacial score (nSPS) is 12.7. The van der Waals surface area contributed by atoms with E-state index in [-0.39, 0.29) is 11.7 Å². The first-order valence-corrected chi connectivity index (χ1v) is 4.86. The molecule has 2 heteroatoms. The molecule has 0 radical (unpaired) electrons. The fraction of sp³-hybridized carbons (Fsp3) is 0.154. The third-order valence-electron chi connectivity index (χ3n) is 2.58. The van der Waals surface area contributed by atoms with Crippen molar-refractivity contribution in [2.45, 2.75) is 12.8 Å². The molecule has 0 spiro atoms. The van der Waals surface area contributed by atoms with Crippen LogP contribution in [0.3, 0.4) is 0 Å². The van der Waals surface area contributed by atoms with Crippen molar-refractivity contribution in [1.29, 1.82) is 0 Å². The lowest BCUT2D eigenvalue weighted by atomic mass is 9.99. The second kappa shape index (κ2) is 3.81. The molecule has 76 valence electrons. The second-order valence-electron chi connectivity index (χ2n) is 3.65. The van der Waals surface area contributed by atoms with Gasteiger partial charge in [0.2, 0.25) is 0 Å². The highest BCUT2D eigenvalue weighted by Gasteiger charge is 2.06. The van der Waals surface area contributed by atoms with Gasteiger partial charge in [-0.2, -0.15) is 0 Å². The molecular weight excluding hydrogens is 191 g/mol. The van der Waals surface area contributed by atoms with Crippen molar-refractivity contribution in [3.8, 4) is 0 Å². The van der Waals surface area contributed by atoms with E-state index in [0.29, 0.717) is 5.39 Å². The summed E-state index contributed by atoms with van der Waals surface area (Å²) in [5.74, 6) is -0.429. The molecule has 0 bridgehead atoms. The summed E-state index contributed by atoms with van der Waals surface area (Å²) in [6, 6.07) is 10.4. The number of hydrogen-bond donors (Lipinski definition) is 0. The molecule has 0 N–H and O–H groups in total. The van der Waals surface area contributed by atoms with Crippen LogP contribution in [0.2, 0.25) is 0 Å². The molecular formula is C13H11FO. The van der Waals surface area contributed by atoms with Crippen LogP contribution in [0.4, 0.5) is 4.39 Å². The summed E-state index contributed by atoms with van der Waals surface area (Å²) in [7, 11) is 0. The summed E-state index contributed by atoms with van der Waals surface area (Å²) in [6.45, 7) is 1.80. The zero-order chi connectivity index (χ0) is 10.8. The van der Waals surface area contributed by atoms with E-state index in [1.54, 1.807) is 19.1 Å². The van der Waals surface area contributed by atoms with Gasteiger partial charge in [0.05, 0.1) is 0 Å². The zero-order valence-electron chi connectivity index (χ0n) is 8.41. The van der Waals surface area contributed by atoms with Crippen LogP contribution < -0.4 is 0 Å². The molecule has 0 fully saturated rings. The molecule has 0 amide bonds. The van der Waals surface area contributed by atoms with Crippen LogP contribution in [-0.4, -0.2) is 6.29 Å². The predicted molar refractivity (Wildman–Crippen MR) is 58.4 cm³/mol. The zero-order valence-corrected chi connectivity index (χ0v) is 8.41. The Labute approximate surface area is 87.5 Å². The molecule has 1 nitrogen and oxygen atoms in total. The van der Waals surface area contributed by atoms with E-state index >= 15 is 0 Å². The van der Waals surface area contributed by atoms with Gasteiger partial charge >= 0.3 is 0 Å². The highest BCUT2D eigenvalue weighted by Crippen LogP contribution is 2.22. The Morgan fingerprint density at radius 3 is 2.80 bits per heavy atom. The molecule has 0 aliphatic heterocycles. The van der Waals surface area contributed by atoms with Crippen LogP contribution in [0.25, 0.3) is 10.8 Å². The van der Waals surface area contributed by atoms with E-state index in [9.17, 15) is 9.18 Å². The lowest BCUT2D eigenvalue weighted by molar-refractivity contribution is -0.108. The Kier molecular flexibility index (Phi) is 2.50. The number of halogens is 1. The molecule has 0 saturated heterocycles.